The van der Waals surface area contributed by atoms with Crippen LogP contribution < -0.4 is 10.6 Å². The third-order valence-electron chi connectivity index (χ3n) is 3.24. The molecule has 2 N–H and O–H groups in total. The number of hydrogen-bond donors (Lipinski definition) is 2. The van der Waals surface area contributed by atoms with Gasteiger partial charge in [-0.3, -0.25) is 4.79 Å². The Hall–Kier alpha value is -1.74. The Labute approximate surface area is 129 Å². The van der Waals surface area contributed by atoms with Gasteiger partial charge in [-0.1, -0.05) is 0 Å². The average Bonchev–Trinajstić information content (AvgIpc) is 2.77. The van der Waals surface area contributed by atoms with Crippen LogP contribution in [0.15, 0.2) is 6.07 Å². The number of amides is 1. The second-order valence-corrected chi connectivity index (χ2v) is 7.44. The van der Waals surface area contributed by atoms with Gasteiger partial charge < -0.3 is 15.4 Å². The Morgan fingerprint density at radius 1 is 1.45 bits per heavy atom. The predicted octanol–water partition coefficient (Wildman–Crippen LogP) is -0.240. The molecule has 1 unspecified atom stereocenters. The summed E-state index contributed by atoms with van der Waals surface area (Å²) >= 11 is 0. The number of anilines is 1. The fourth-order valence-corrected chi connectivity index (χ4v) is 3.87. The van der Waals surface area contributed by atoms with Gasteiger partial charge in [0.15, 0.2) is 9.84 Å². The summed E-state index contributed by atoms with van der Waals surface area (Å²) in [6.45, 7) is 2.79. The minimum Gasteiger partial charge on any atom is -0.383 e. The summed E-state index contributed by atoms with van der Waals surface area (Å²) in [5.41, 5.74) is 0.871. The van der Waals surface area contributed by atoms with Crippen LogP contribution in [0, 0.1) is 6.92 Å². The highest BCUT2D eigenvalue weighted by atomic mass is 32.2. The van der Waals surface area contributed by atoms with E-state index in [1.54, 1.807) is 20.1 Å². The van der Waals surface area contributed by atoms with Crippen LogP contribution >= 0.6 is 0 Å². The molecule has 1 atom stereocenters. The van der Waals surface area contributed by atoms with Crippen molar-refractivity contribution in [1.29, 1.82) is 0 Å². The summed E-state index contributed by atoms with van der Waals surface area (Å²) in [7, 11) is -1.44. The number of carbonyl (C=O) groups excluding carboxylic acids is 1. The lowest BCUT2D eigenvalue weighted by Gasteiger charge is -2.12. The van der Waals surface area contributed by atoms with Gasteiger partial charge in [0.1, 0.15) is 5.69 Å². The molecule has 2 heterocycles. The third kappa shape index (κ3) is 4.63. The van der Waals surface area contributed by atoms with Crippen molar-refractivity contribution in [3.8, 4) is 0 Å². The van der Waals surface area contributed by atoms with E-state index in [2.05, 4.69) is 20.6 Å². The number of aromatic nitrogens is 2. The lowest BCUT2D eigenvalue weighted by atomic mass is 10.2. The van der Waals surface area contributed by atoms with Crippen LogP contribution in [0.4, 0.5) is 5.95 Å². The second-order valence-electron chi connectivity index (χ2n) is 5.21. The minimum absolute atomic E-state index is 0.0122. The van der Waals surface area contributed by atoms with Crippen molar-refractivity contribution in [2.45, 2.75) is 19.4 Å². The van der Waals surface area contributed by atoms with E-state index in [0.717, 1.165) is 0 Å². The zero-order valence-corrected chi connectivity index (χ0v) is 13.4. The van der Waals surface area contributed by atoms with Crippen LogP contribution in [0.2, 0.25) is 0 Å². The van der Waals surface area contributed by atoms with Crippen molar-refractivity contribution in [1.82, 2.24) is 15.3 Å². The molecule has 1 amide bonds. The number of methoxy groups -OCH3 is 1. The molecule has 9 heteroatoms. The Kier molecular flexibility index (Phi) is 5.30. The standard InChI is InChI=1S/C13H20N4O4S/c1-9-7-11(17-13(15-9)14-4-5-21-2)12(18)16-10-3-6-22(19,20)8-10/h7,10H,3-6,8H2,1-2H3,(H,16,18)(H,14,15,17). The van der Waals surface area contributed by atoms with Crippen molar-refractivity contribution < 1.29 is 17.9 Å². The van der Waals surface area contributed by atoms with Gasteiger partial charge in [-0.15, -0.1) is 0 Å². The summed E-state index contributed by atoms with van der Waals surface area (Å²) in [4.78, 5) is 20.5. The highest BCUT2D eigenvalue weighted by molar-refractivity contribution is 7.91. The first-order valence-electron chi connectivity index (χ1n) is 6.99. The van der Waals surface area contributed by atoms with E-state index in [9.17, 15) is 13.2 Å². The summed E-state index contributed by atoms with van der Waals surface area (Å²) in [5.74, 6) is 0.0652. The molecule has 0 radical (unpaired) electrons. The normalized spacial score (nSPS) is 19.8. The lowest BCUT2D eigenvalue weighted by molar-refractivity contribution is 0.0936. The summed E-state index contributed by atoms with van der Waals surface area (Å²) in [6.07, 6.45) is 0.442. The van der Waals surface area contributed by atoms with E-state index in [4.69, 9.17) is 4.74 Å². The smallest absolute Gasteiger partial charge is 0.270 e. The highest BCUT2D eigenvalue weighted by Gasteiger charge is 2.29. The number of aryl methyl sites for hydroxylation is 1. The minimum atomic E-state index is -3.03. The quantitative estimate of drug-likeness (QED) is 0.693. The molecule has 1 aliphatic rings. The van der Waals surface area contributed by atoms with Gasteiger partial charge in [-0.05, 0) is 19.4 Å². The molecule has 1 aliphatic heterocycles. The maximum Gasteiger partial charge on any atom is 0.270 e. The number of hydrogen-bond acceptors (Lipinski definition) is 7. The molecule has 22 heavy (non-hydrogen) atoms. The first kappa shape index (κ1) is 16.6. The number of carbonyl (C=O) groups is 1. The van der Waals surface area contributed by atoms with Crippen molar-refractivity contribution >= 4 is 21.7 Å². The van der Waals surface area contributed by atoms with Gasteiger partial charge in [0.05, 0.1) is 18.1 Å². The van der Waals surface area contributed by atoms with Gasteiger partial charge in [0, 0.05) is 25.4 Å². The Balaban J connectivity index is 2.02. The zero-order chi connectivity index (χ0) is 16.2. The number of sulfone groups is 1. The molecule has 0 aromatic carbocycles. The van der Waals surface area contributed by atoms with Crippen LogP contribution in [-0.4, -0.2) is 62.1 Å². The van der Waals surface area contributed by atoms with Gasteiger partial charge >= 0.3 is 0 Å². The molecule has 0 spiro atoms. The summed E-state index contributed by atoms with van der Waals surface area (Å²) in [6, 6.07) is 1.22. The average molecular weight is 328 g/mol. The Morgan fingerprint density at radius 2 is 2.23 bits per heavy atom. The third-order valence-corrected chi connectivity index (χ3v) is 5.01. The lowest BCUT2D eigenvalue weighted by Crippen LogP contribution is -2.36. The maximum absolute atomic E-state index is 12.2. The highest BCUT2D eigenvalue weighted by Crippen LogP contribution is 2.12. The fourth-order valence-electron chi connectivity index (χ4n) is 2.20. The molecule has 0 aliphatic carbocycles. The zero-order valence-electron chi connectivity index (χ0n) is 12.6. The van der Waals surface area contributed by atoms with E-state index >= 15 is 0 Å². The SMILES string of the molecule is COCCNc1nc(C)cc(C(=O)NC2CCS(=O)(=O)C2)n1. The van der Waals surface area contributed by atoms with Crippen LogP contribution in [0.1, 0.15) is 22.6 Å². The molecule has 0 saturated carbocycles. The van der Waals surface area contributed by atoms with Crippen LogP contribution in [0.5, 0.6) is 0 Å². The number of nitrogens with one attached hydrogen (secondary N) is 2. The van der Waals surface area contributed by atoms with E-state index < -0.39 is 9.84 Å². The van der Waals surface area contributed by atoms with Crippen LogP contribution in [-0.2, 0) is 14.6 Å². The van der Waals surface area contributed by atoms with E-state index in [1.807, 2.05) is 0 Å². The number of rotatable bonds is 6. The van der Waals surface area contributed by atoms with Gasteiger partial charge in [-0.25, -0.2) is 18.4 Å². The van der Waals surface area contributed by atoms with E-state index in [0.29, 0.717) is 31.2 Å². The predicted molar refractivity (Wildman–Crippen MR) is 81.7 cm³/mol. The largest absolute Gasteiger partial charge is 0.383 e. The second kappa shape index (κ2) is 7.01. The first-order chi connectivity index (χ1) is 10.4. The fraction of sp³-hybridized carbons (Fsp3) is 0.615. The molecular weight excluding hydrogens is 308 g/mol. The molecule has 122 valence electrons. The maximum atomic E-state index is 12.2. The molecule has 1 saturated heterocycles. The first-order valence-corrected chi connectivity index (χ1v) is 8.81. The van der Waals surface area contributed by atoms with Crippen molar-refractivity contribution in [2.24, 2.45) is 0 Å². The topological polar surface area (TPSA) is 110 Å². The molecule has 1 aromatic rings. The summed E-state index contributed by atoms with van der Waals surface area (Å²) in [5, 5.41) is 5.68. The molecule has 1 fully saturated rings. The monoisotopic (exact) mass is 328 g/mol. The number of ether oxygens (including phenoxy) is 1. The van der Waals surface area contributed by atoms with Crippen LogP contribution in [0.25, 0.3) is 0 Å². The van der Waals surface area contributed by atoms with Gasteiger partial charge in [0.25, 0.3) is 5.91 Å². The summed E-state index contributed by atoms with van der Waals surface area (Å²) < 4.78 is 27.8. The molecule has 8 nitrogen and oxygen atoms in total. The van der Waals surface area contributed by atoms with Crippen molar-refractivity contribution in [3.05, 3.63) is 17.5 Å². The molecule has 2 rings (SSSR count). The van der Waals surface area contributed by atoms with Gasteiger partial charge in [0.2, 0.25) is 5.95 Å². The van der Waals surface area contributed by atoms with E-state index in [1.165, 1.54) is 0 Å². The molecule has 0 bridgehead atoms. The van der Waals surface area contributed by atoms with Crippen molar-refractivity contribution in [2.75, 3.05) is 37.1 Å². The number of nitrogens with zero attached hydrogens (tertiary/aromatic N) is 2. The van der Waals surface area contributed by atoms with Crippen molar-refractivity contribution in [3.63, 3.8) is 0 Å². The molecule has 1 aromatic heterocycles. The van der Waals surface area contributed by atoms with Crippen LogP contribution in [0.3, 0.4) is 0 Å². The Morgan fingerprint density at radius 3 is 2.86 bits per heavy atom. The Bertz CT molecular complexity index is 647. The molecular formula is C13H20N4O4S. The van der Waals surface area contributed by atoms with Gasteiger partial charge in [-0.2, -0.15) is 0 Å². The van der Waals surface area contributed by atoms with E-state index in [-0.39, 0.29) is 29.1 Å².